The Morgan fingerprint density at radius 1 is 1.53 bits per heavy atom. The zero-order chi connectivity index (χ0) is 13.2. The highest BCUT2D eigenvalue weighted by Crippen LogP contribution is 2.17. The summed E-state index contributed by atoms with van der Waals surface area (Å²) in [5.74, 6) is 0. The average Bonchev–Trinajstić information content (AvgIpc) is 2.88. The lowest BCUT2D eigenvalue weighted by atomic mass is 10.1. The smallest absolute Gasteiger partial charge is 0.263 e. The minimum atomic E-state index is 0.0100. The summed E-state index contributed by atoms with van der Waals surface area (Å²) in [6.07, 6.45) is 4.58. The first kappa shape index (κ1) is 13.0. The fourth-order valence-corrected chi connectivity index (χ4v) is 3.61. The van der Waals surface area contributed by atoms with Gasteiger partial charge in [-0.2, -0.15) is 0 Å². The predicted molar refractivity (Wildman–Crippen MR) is 79.5 cm³/mol. The van der Waals surface area contributed by atoms with Crippen molar-refractivity contribution < 1.29 is 4.74 Å². The standard InChI is InChI=1S/C13H16N2O2S2/c16-12-10-5-8-19-11(10)14-13(18)15(12)6-4-9-3-1-2-7-17-9/h5,8-9H,1-4,6-7H2,(H,14,18). The van der Waals surface area contributed by atoms with Gasteiger partial charge in [0.1, 0.15) is 4.83 Å². The van der Waals surface area contributed by atoms with Crippen LogP contribution in [0.1, 0.15) is 25.7 Å². The third kappa shape index (κ3) is 2.66. The third-order valence-electron chi connectivity index (χ3n) is 3.56. The highest BCUT2D eigenvalue weighted by molar-refractivity contribution is 7.71. The Morgan fingerprint density at radius 2 is 2.42 bits per heavy atom. The molecule has 3 rings (SSSR count). The fourth-order valence-electron chi connectivity index (χ4n) is 2.49. The third-order valence-corrected chi connectivity index (χ3v) is 4.71. The maximum Gasteiger partial charge on any atom is 0.263 e. The van der Waals surface area contributed by atoms with Crippen LogP contribution in [0.3, 0.4) is 0 Å². The van der Waals surface area contributed by atoms with Crippen molar-refractivity contribution in [3.05, 3.63) is 26.6 Å². The number of H-pyrrole nitrogens is 1. The van der Waals surface area contributed by atoms with E-state index in [9.17, 15) is 4.79 Å². The van der Waals surface area contributed by atoms with Crippen molar-refractivity contribution in [2.75, 3.05) is 6.61 Å². The molecule has 0 aromatic carbocycles. The quantitative estimate of drug-likeness (QED) is 0.885. The molecule has 0 radical (unpaired) electrons. The number of hydrogen-bond acceptors (Lipinski definition) is 4. The van der Waals surface area contributed by atoms with Gasteiger partial charge in [0, 0.05) is 13.2 Å². The summed E-state index contributed by atoms with van der Waals surface area (Å²) in [5.41, 5.74) is 0.0100. The van der Waals surface area contributed by atoms with E-state index in [-0.39, 0.29) is 11.7 Å². The monoisotopic (exact) mass is 296 g/mol. The summed E-state index contributed by atoms with van der Waals surface area (Å²) < 4.78 is 7.86. The van der Waals surface area contributed by atoms with Crippen LogP contribution in [0.25, 0.3) is 10.2 Å². The van der Waals surface area contributed by atoms with Crippen molar-refractivity contribution in [3.8, 4) is 0 Å². The zero-order valence-corrected chi connectivity index (χ0v) is 12.2. The van der Waals surface area contributed by atoms with Crippen LogP contribution in [0.15, 0.2) is 16.2 Å². The van der Waals surface area contributed by atoms with Crippen molar-refractivity contribution in [2.24, 2.45) is 0 Å². The van der Waals surface area contributed by atoms with E-state index in [4.69, 9.17) is 17.0 Å². The number of hydrogen-bond donors (Lipinski definition) is 1. The van der Waals surface area contributed by atoms with Gasteiger partial charge >= 0.3 is 0 Å². The van der Waals surface area contributed by atoms with Crippen LogP contribution in [0.4, 0.5) is 0 Å². The van der Waals surface area contributed by atoms with Crippen molar-refractivity contribution in [1.29, 1.82) is 0 Å². The Kier molecular flexibility index (Phi) is 3.81. The Labute approximate surface area is 120 Å². The molecule has 1 aliphatic heterocycles. The van der Waals surface area contributed by atoms with Crippen LogP contribution in [-0.2, 0) is 11.3 Å². The molecule has 0 amide bonds. The van der Waals surface area contributed by atoms with E-state index in [0.717, 1.165) is 36.1 Å². The number of ether oxygens (including phenoxy) is 1. The second-order valence-electron chi connectivity index (χ2n) is 4.83. The van der Waals surface area contributed by atoms with Crippen molar-refractivity contribution >= 4 is 33.8 Å². The molecule has 0 spiro atoms. The lowest BCUT2D eigenvalue weighted by molar-refractivity contribution is 0.00859. The van der Waals surface area contributed by atoms with Gasteiger partial charge in [0.25, 0.3) is 5.56 Å². The minimum Gasteiger partial charge on any atom is -0.378 e. The maximum atomic E-state index is 12.3. The van der Waals surface area contributed by atoms with Gasteiger partial charge in [0.2, 0.25) is 0 Å². The molecule has 2 aromatic rings. The van der Waals surface area contributed by atoms with Gasteiger partial charge < -0.3 is 9.72 Å². The zero-order valence-electron chi connectivity index (χ0n) is 10.6. The fraction of sp³-hybridized carbons (Fsp3) is 0.538. The van der Waals surface area contributed by atoms with Crippen LogP contribution in [0, 0.1) is 4.77 Å². The minimum absolute atomic E-state index is 0.0100. The molecule has 1 aliphatic rings. The number of thiophene rings is 1. The Hall–Kier alpha value is -0.980. The van der Waals surface area contributed by atoms with Crippen LogP contribution in [-0.4, -0.2) is 22.3 Å². The summed E-state index contributed by atoms with van der Waals surface area (Å²) in [6.45, 7) is 1.47. The number of rotatable bonds is 3. The summed E-state index contributed by atoms with van der Waals surface area (Å²) in [7, 11) is 0. The van der Waals surface area contributed by atoms with E-state index in [1.165, 1.54) is 17.8 Å². The number of nitrogens with zero attached hydrogens (tertiary/aromatic N) is 1. The van der Waals surface area contributed by atoms with E-state index in [2.05, 4.69) is 4.98 Å². The van der Waals surface area contributed by atoms with E-state index < -0.39 is 0 Å². The summed E-state index contributed by atoms with van der Waals surface area (Å²) in [6, 6.07) is 1.85. The largest absolute Gasteiger partial charge is 0.378 e. The van der Waals surface area contributed by atoms with E-state index in [1.54, 1.807) is 4.57 Å². The molecule has 1 atom stereocenters. The van der Waals surface area contributed by atoms with Crippen LogP contribution >= 0.6 is 23.6 Å². The van der Waals surface area contributed by atoms with Gasteiger partial charge in [-0.1, -0.05) is 0 Å². The first-order valence-corrected chi connectivity index (χ1v) is 7.86. The SMILES string of the molecule is O=c1c2ccsc2[nH]c(=S)n1CCC1CCCCO1. The molecule has 19 heavy (non-hydrogen) atoms. The molecule has 4 nitrogen and oxygen atoms in total. The molecule has 2 aromatic heterocycles. The van der Waals surface area contributed by atoms with Gasteiger partial charge in [-0.25, -0.2) is 0 Å². The predicted octanol–water partition coefficient (Wildman–Crippen LogP) is 3.08. The number of nitrogens with one attached hydrogen (secondary N) is 1. The number of fused-ring (bicyclic) bond motifs is 1. The van der Waals surface area contributed by atoms with Crippen LogP contribution in [0.5, 0.6) is 0 Å². The lowest BCUT2D eigenvalue weighted by Crippen LogP contribution is -2.26. The molecule has 0 bridgehead atoms. The lowest BCUT2D eigenvalue weighted by Gasteiger charge is -2.22. The van der Waals surface area contributed by atoms with Crippen molar-refractivity contribution in [1.82, 2.24) is 9.55 Å². The maximum absolute atomic E-state index is 12.3. The Balaban J connectivity index is 1.83. The van der Waals surface area contributed by atoms with Crippen LogP contribution in [0.2, 0.25) is 0 Å². The Morgan fingerprint density at radius 3 is 3.21 bits per heavy atom. The Bertz CT molecular complexity index is 680. The summed E-state index contributed by atoms with van der Waals surface area (Å²) >= 11 is 6.78. The second-order valence-corrected chi connectivity index (χ2v) is 6.13. The van der Waals surface area contributed by atoms with Gasteiger partial charge in [0.05, 0.1) is 11.5 Å². The molecular weight excluding hydrogens is 280 g/mol. The molecule has 6 heteroatoms. The van der Waals surface area contributed by atoms with Gasteiger partial charge in [0.15, 0.2) is 4.77 Å². The molecule has 1 unspecified atom stereocenters. The number of aromatic amines is 1. The average molecular weight is 296 g/mol. The van der Waals surface area contributed by atoms with Gasteiger partial charge in [-0.05, 0) is 49.3 Å². The molecule has 102 valence electrons. The molecule has 0 aliphatic carbocycles. The first-order chi connectivity index (χ1) is 9.25. The molecule has 3 heterocycles. The van der Waals surface area contributed by atoms with Crippen LogP contribution < -0.4 is 5.56 Å². The first-order valence-electron chi connectivity index (χ1n) is 6.57. The number of aromatic nitrogens is 2. The van der Waals surface area contributed by atoms with Crippen molar-refractivity contribution in [3.63, 3.8) is 0 Å². The molecule has 1 saturated heterocycles. The van der Waals surface area contributed by atoms with E-state index in [0.29, 0.717) is 11.3 Å². The van der Waals surface area contributed by atoms with E-state index in [1.807, 2.05) is 11.4 Å². The van der Waals surface area contributed by atoms with Gasteiger partial charge in [-0.15, -0.1) is 11.3 Å². The summed E-state index contributed by atoms with van der Waals surface area (Å²) in [4.78, 5) is 16.3. The molecule has 0 saturated carbocycles. The molecule has 1 N–H and O–H groups in total. The normalized spacial score (nSPS) is 19.9. The highest BCUT2D eigenvalue weighted by atomic mass is 32.1. The molecular formula is C13H16N2O2S2. The topological polar surface area (TPSA) is 47.0 Å². The van der Waals surface area contributed by atoms with Gasteiger partial charge in [-0.3, -0.25) is 9.36 Å². The molecule has 1 fully saturated rings. The summed E-state index contributed by atoms with van der Waals surface area (Å²) in [5, 5.41) is 2.63. The highest BCUT2D eigenvalue weighted by Gasteiger charge is 2.15. The van der Waals surface area contributed by atoms with Crippen molar-refractivity contribution in [2.45, 2.75) is 38.3 Å². The second kappa shape index (κ2) is 5.56. The van der Waals surface area contributed by atoms with E-state index >= 15 is 0 Å².